The molecule has 0 bridgehead atoms. The highest BCUT2D eigenvalue weighted by molar-refractivity contribution is 5.92. The Balaban J connectivity index is 1.65. The first-order valence-corrected chi connectivity index (χ1v) is 7.91. The molecule has 1 fully saturated rings. The standard InChI is InChI=1S/C16H22N4O2/c1-3-13-8-15(19-22-13)16(21)20-6-4-5-12(10-20)7-14-11(2)9-17-18-14/h8-9,12H,3-7,10H2,1-2H3,(H,17,18)/t12-/m1/s1. The van der Waals surface area contributed by atoms with Crippen LogP contribution in [0.15, 0.2) is 16.8 Å². The molecule has 1 N–H and O–H groups in total. The summed E-state index contributed by atoms with van der Waals surface area (Å²) in [5.74, 6) is 1.20. The zero-order chi connectivity index (χ0) is 15.5. The Hall–Kier alpha value is -2.11. The van der Waals surface area contributed by atoms with Crippen LogP contribution in [0.2, 0.25) is 0 Å². The topological polar surface area (TPSA) is 75.0 Å². The molecule has 2 aromatic heterocycles. The van der Waals surface area contributed by atoms with Gasteiger partial charge in [-0.25, -0.2) is 0 Å². The summed E-state index contributed by atoms with van der Waals surface area (Å²) < 4.78 is 5.14. The van der Waals surface area contributed by atoms with Gasteiger partial charge in [0.15, 0.2) is 5.69 Å². The second kappa shape index (κ2) is 6.34. The zero-order valence-corrected chi connectivity index (χ0v) is 13.1. The van der Waals surface area contributed by atoms with Crippen LogP contribution >= 0.6 is 0 Å². The van der Waals surface area contributed by atoms with Crippen molar-refractivity contribution < 1.29 is 9.32 Å². The van der Waals surface area contributed by atoms with Crippen LogP contribution in [0.1, 0.15) is 47.3 Å². The molecule has 3 rings (SSSR count). The summed E-state index contributed by atoms with van der Waals surface area (Å²) in [6.45, 7) is 5.61. The molecule has 1 aliphatic heterocycles. The molecule has 0 aromatic carbocycles. The second-order valence-electron chi connectivity index (χ2n) is 6.03. The Morgan fingerprint density at radius 3 is 3.09 bits per heavy atom. The zero-order valence-electron chi connectivity index (χ0n) is 13.1. The lowest BCUT2D eigenvalue weighted by Gasteiger charge is -2.32. The van der Waals surface area contributed by atoms with Gasteiger partial charge in [-0.15, -0.1) is 0 Å². The molecule has 0 spiro atoms. The average molecular weight is 302 g/mol. The fourth-order valence-corrected chi connectivity index (χ4v) is 3.03. The lowest BCUT2D eigenvalue weighted by Crippen LogP contribution is -2.40. The predicted molar refractivity (Wildman–Crippen MR) is 81.5 cm³/mol. The molecule has 1 aliphatic rings. The first-order valence-electron chi connectivity index (χ1n) is 7.91. The highest BCUT2D eigenvalue weighted by Crippen LogP contribution is 2.22. The Kier molecular flexibility index (Phi) is 4.27. The molecule has 0 aliphatic carbocycles. The van der Waals surface area contributed by atoms with E-state index in [-0.39, 0.29) is 5.91 Å². The number of aryl methyl sites for hydroxylation is 2. The monoisotopic (exact) mass is 302 g/mol. The summed E-state index contributed by atoms with van der Waals surface area (Å²) in [5, 5.41) is 11.0. The number of aromatic amines is 1. The van der Waals surface area contributed by atoms with Gasteiger partial charge in [0.1, 0.15) is 5.76 Å². The molecule has 118 valence electrons. The van der Waals surface area contributed by atoms with Crippen LogP contribution in [-0.4, -0.2) is 39.3 Å². The molecule has 22 heavy (non-hydrogen) atoms. The number of likely N-dealkylation sites (tertiary alicyclic amines) is 1. The molecular weight excluding hydrogens is 280 g/mol. The molecule has 2 aromatic rings. The second-order valence-corrected chi connectivity index (χ2v) is 6.03. The highest BCUT2D eigenvalue weighted by atomic mass is 16.5. The Bertz CT molecular complexity index is 646. The maximum Gasteiger partial charge on any atom is 0.276 e. The number of nitrogens with one attached hydrogen (secondary N) is 1. The number of hydrogen-bond donors (Lipinski definition) is 1. The number of piperidine rings is 1. The van der Waals surface area contributed by atoms with Gasteiger partial charge in [0.05, 0.1) is 6.20 Å². The fourth-order valence-electron chi connectivity index (χ4n) is 3.03. The van der Waals surface area contributed by atoms with Crippen molar-refractivity contribution in [3.8, 4) is 0 Å². The first-order chi connectivity index (χ1) is 10.7. The van der Waals surface area contributed by atoms with E-state index in [0.717, 1.165) is 44.5 Å². The van der Waals surface area contributed by atoms with Crippen LogP contribution in [0.3, 0.4) is 0 Å². The number of nitrogens with zero attached hydrogens (tertiary/aromatic N) is 3. The van der Waals surface area contributed by atoms with E-state index < -0.39 is 0 Å². The van der Waals surface area contributed by atoms with Crippen LogP contribution in [0.4, 0.5) is 0 Å². The number of hydrogen-bond acceptors (Lipinski definition) is 4. The molecule has 0 unspecified atom stereocenters. The van der Waals surface area contributed by atoms with Crippen LogP contribution in [0.25, 0.3) is 0 Å². The first kappa shape index (κ1) is 14.8. The van der Waals surface area contributed by atoms with Crippen molar-refractivity contribution >= 4 is 5.91 Å². The van der Waals surface area contributed by atoms with E-state index in [4.69, 9.17) is 4.52 Å². The summed E-state index contributed by atoms with van der Waals surface area (Å²) >= 11 is 0. The van der Waals surface area contributed by atoms with E-state index in [1.54, 1.807) is 6.07 Å². The SMILES string of the molecule is CCc1cc(C(=O)N2CCC[C@H](Cc3[nH]ncc3C)C2)no1. The molecule has 1 atom stereocenters. The normalized spacial score (nSPS) is 18.6. The van der Waals surface area contributed by atoms with E-state index in [9.17, 15) is 4.79 Å². The Morgan fingerprint density at radius 1 is 1.55 bits per heavy atom. The number of aromatic nitrogens is 3. The van der Waals surface area contributed by atoms with Gasteiger partial charge >= 0.3 is 0 Å². The van der Waals surface area contributed by atoms with Gasteiger partial charge in [-0.1, -0.05) is 12.1 Å². The molecule has 6 nitrogen and oxygen atoms in total. The molecule has 0 saturated carbocycles. The van der Waals surface area contributed by atoms with Crippen LogP contribution in [0.5, 0.6) is 0 Å². The van der Waals surface area contributed by atoms with Gasteiger partial charge in [-0.05, 0) is 37.7 Å². The minimum atomic E-state index is -0.0190. The van der Waals surface area contributed by atoms with Crippen LogP contribution in [0, 0.1) is 12.8 Å². The van der Waals surface area contributed by atoms with E-state index >= 15 is 0 Å². The maximum absolute atomic E-state index is 12.5. The van der Waals surface area contributed by atoms with Crippen LogP contribution < -0.4 is 0 Å². The molecule has 0 radical (unpaired) electrons. The van der Waals surface area contributed by atoms with Crippen LogP contribution in [-0.2, 0) is 12.8 Å². The molecule has 1 saturated heterocycles. The van der Waals surface area contributed by atoms with Crippen molar-refractivity contribution in [1.29, 1.82) is 0 Å². The fraction of sp³-hybridized carbons (Fsp3) is 0.562. The smallest absolute Gasteiger partial charge is 0.276 e. The van der Waals surface area contributed by atoms with E-state index in [1.807, 2.05) is 18.0 Å². The summed E-state index contributed by atoms with van der Waals surface area (Å²) in [7, 11) is 0. The third-order valence-corrected chi connectivity index (χ3v) is 4.36. The van der Waals surface area contributed by atoms with E-state index in [1.165, 1.54) is 11.3 Å². The number of amides is 1. The van der Waals surface area contributed by atoms with E-state index in [2.05, 4.69) is 22.3 Å². The summed E-state index contributed by atoms with van der Waals surface area (Å²) in [5.41, 5.74) is 2.79. The lowest BCUT2D eigenvalue weighted by molar-refractivity contribution is 0.0662. The minimum absolute atomic E-state index is 0.0190. The van der Waals surface area contributed by atoms with Crippen molar-refractivity contribution in [2.24, 2.45) is 5.92 Å². The molecule has 1 amide bonds. The van der Waals surface area contributed by atoms with Gasteiger partial charge in [0.25, 0.3) is 5.91 Å². The number of rotatable bonds is 4. The number of carbonyl (C=O) groups is 1. The van der Waals surface area contributed by atoms with Gasteiger partial charge in [-0.3, -0.25) is 9.89 Å². The van der Waals surface area contributed by atoms with Crippen molar-refractivity contribution in [2.75, 3.05) is 13.1 Å². The largest absolute Gasteiger partial charge is 0.361 e. The van der Waals surface area contributed by atoms with Crippen molar-refractivity contribution in [3.63, 3.8) is 0 Å². The summed E-state index contributed by atoms with van der Waals surface area (Å²) in [6, 6.07) is 1.75. The van der Waals surface area contributed by atoms with Crippen molar-refractivity contribution in [3.05, 3.63) is 35.0 Å². The Labute approximate surface area is 129 Å². The number of H-pyrrole nitrogens is 1. The van der Waals surface area contributed by atoms with Crippen molar-refractivity contribution in [1.82, 2.24) is 20.3 Å². The Morgan fingerprint density at radius 2 is 2.41 bits per heavy atom. The summed E-state index contributed by atoms with van der Waals surface area (Å²) in [6.07, 6.45) is 5.71. The van der Waals surface area contributed by atoms with Gasteiger partial charge in [0.2, 0.25) is 0 Å². The van der Waals surface area contributed by atoms with Gasteiger partial charge in [0, 0.05) is 31.3 Å². The van der Waals surface area contributed by atoms with Gasteiger partial charge in [-0.2, -0.15) is 5.10 Å². The third kappa shape index (κ3) is 3.05. The maximum atomic E-state index is 12.5. The van der Waals surface area contributed by atoms with Gasteiger partial charge < -0.3 is 9.42 Å². The molecule has 3 heterocycles. The summed E-state index contributed by atoms with van der Waals surface area (Å²) in [4.78, 5) is 14.4. The molecular formula is C16H22N4O2. The van der Waals surface area contributed by atoms with Crippen molar-refractivity contribution in [2.45, 2.75) is 39.5 Å². The molecule has 6 heteroatoms. The quantitative estimate of drug-likeness (QED) is 0.940. The minimum Gasteiger partial charge on any atom is -0.361 e. The highest BCUT2D eigenvalue weighted by Gasteiger charge is 2.27. The third-order valence-electron chi connectivity index (χ3n) is 4.36. The number of carbonyl (C=O) groups excluding carboxylic acids is 1. The average Bonchev–Trinajstić information content (AvgIpc) is 3.16. The van der Waals surface area contributed by atoms with E-state index in [0.29, 0.717) is 11.6 Å². The lowest BCUT2D eigenvalue weighted by atomic mass is 9.92. The predicted octanol–water partition coefficient (Wildman–Crippen LogP) is 2.36.